The van der Waals surface area contributed by atoms with Crippen molar-refractivity contribution in [2.45, 2.75) is 19.9 Å². The molecule has 5 nitrogen and oxygen atoms in total. The van der Waals surface area contributed by atoms with E-state index in [1.165, 1.54) is 5.56 Å². The lowest BCUT2D eigenvalue weighted by Crippen LogP contribution is -2.44. The van der Waals surface area contributed by atoms with Gasteiger partial charge in [-0.2, -0.15) is 0 Å². The highest BCUT2D eigenvalue weighted by Gasteiger charge is 2.20. The molecule has 0 unspecified atom stereocenters. The van der Waals surface area contributed by atoms with E-state index in [9.17, 15) is 4.79 Å². The van der Waals surface area contributed by atoms with Crippen molar-refractivity contribution in [1.29, 1.82) is 0 Å². The first-order chi connectivity index (χ1) is 13.1. The second-order valence-electron chi connectivity index (χ2n) is 7.00. The van der Waals surface area contributed by atoms with Gasteiger partial charge < -0.3 is 14.8 Å². The molecule has 27 heavy (non-hydrogen) atoms. The monoisotopic (exact) mass is 368 g/mol. The van der Waals surface area contributed by atoms with Gasteiger partial charge in [0.05, 0.1) is 19.3 Å². The topological polar surface area (TPSA) is 50.8 Å². The Labute approximate surface area is 161 Å². The molecule has 0 saturated carbocycles. The zero-order chi connectivity index (χ0) is 19.1. The van der Waals surface area contributed by atoms with Gasteiger partial charge >= 0.3 is 0 Å². The van der Waals surface area contributed by atoms with Crippen molar-refractivity contribution >= 4 is 5.91 Å². The maximum absolute atomic E-state index is 12.5. The lowest BCUT2D eigenvalue weighted by molar-refractivity contribution is -0.124. The fraction of sp³-hybridized carbons (Fsp3) is 0.409. The van der Waals surface area contributed by atoms with E-state index in [-0.39, 0.29) is 18.6 Å². The molecule has 0 aliphatic carbocycles. The van der Waals surface area contributed by atoms with Gasteiger partial charge in [0.2, 0.25) is 0 Å². The first-order valence-corrected chi connectivity index (χ1v) is 9.46. The standard InChI is InChI=1S/C22H28N2O3/c1-17-7-9-19(10-8-17)20(15-24-11-13-26-14-12-24)23-22(25)16-27-21-6-4-3-5-18(21)2/h3-10,20H,11-16H2,1-2H3,(H,23,25)/t20-/m0/s1. The number of carbonyl (C=O) groups is 1. The molecule has 0 bridgehead atoms. The van der Waals surface area contributed by atoms with Gasteiger partial charge in [0.25, 0.3) is 5.91 Å². The minimum absolute atomic E-state index is 0.0102. The van der Waals surface area contributed by atoms with Gasteiger partial charge in [-0.1, -0.05) is 48.0 Å². The molecule has 1 aliphatic rings. The smallest absolute Gasteiger partial charge is 0.258 e. The number of benzene rings is 2. The largest absolute Gasteiger partial charge is 0.484 e. The van der Waals surface area contributed by atoms with E-state index in [0.717, 1.165) is 49.7 Å². The Hall–Kier alpha value is -2.37. The number of aryl methyl sites for hydroxylation is 2. The van der Waals surface area contributed by atoms with Crippen LogP contribution in [0.5, 0.6) is 5.75 Å². The lowest BCUT2D eigenvalue weighted by Gasteiger charge is -2.31. The first kappa shape index (κ1) is 19.4. The third-order valence-corrected chi connectivity index (χ3v) is 4.81. The summed E-state index contributed by atoms with van der Waals surface area (Å²) in [6.45, 7) is 8.07. The second-order valence-corrected chi connectivity index (χ2v) is 7.00. The van der Waals surface area contributed by atoms with Crippen molar-refractivity contribution in [2.24, 2.45) is 0 Å². The highest BCUT2D eigenvalue weighted by molar-refractivity contribution is 5.78. The maximum atomic E-state index is 12.5. The Kier molecular flexibility index (Phi) is 6.85. The molecule has 2 aromatic carbocycles. The third-order valence-electron chi connectivity index (χ3n) is 4.81. The van der Waals surface area contributed by atoms with Gasteiger partial charge in [0, 0.05) is 19.6 Å². The molecule has 1 fully saturated rings. The number of carbonyl (C=O) groups excluding carboxylic acids is 1. The summed E-state index contributed by atoms with van der Waals surface area (Å²) in [7, 11) is 0. The molecule has 1 saturated heterocycles. The molecular weight excluding hydrogens is 340 g/mol. The number of ether oxygens (including phenoxy) is 2. The van der Waals surface area contributed by atoms with Crippen LogP contribution in [-0.2, 0) is 9.53 Å². The molecule has 0 spiro atoms. The highest BCUT2D eigenvalue weighted by Crippen LogP contribution is 2.18. The summed E-state index contributed by atoms with van der Waals surface area (Å²) in [5.41, 5.74) is 3.34. The molecule has 1 aliphatic heterocycles. The van der Waals surface area contributed by atoms with Crippen LogP contribution in [0.25, 0.3) is 0 Å². The Morgan fingerprint density at radius 2 is 1.81 bits per heavy atom. The summed E-state index contributed by atoms with van der Waals surface area (Å²) in [5, 5.41) is 3.14. The molecule has 5 heteroatoms. The van der Waals surface area contributed by atoms with Gasteiger partial charge in [0.1, 0.15) is 5.75 Å². The fourth-order valence-electron chi connectivity index (χ4n) is 3.17. The van der Waals surface area contributed by atoms with Gasteiger partial charge in [0.15, 0.2) is 6.61 Å². The summed E-state index contributed by atoms with van der Waals surface area (Å²) in [6.07, 6.45) is 0. The predicted molar refractivity (Wildman–Crippen MR) is 106 cm³/mol. The van der Waals surface area contributed by atoms with Crippen LogP contribution in [0, 0.1) is 13.8 Å². The van der Waals surface area contributed by atoms with Crippen molar-refractivity contribution < 1.29 is 14.3 Å². The van der Waals surface area contributed by atoms with Crippen LogP contribution in [0.3, 0.4) is 0 Å². The SMILES string of the molecule is Cc1ccc([C@H](CN2CCOCC2)NC(=O)COc2ccccc2C)cc1. The first-order valence-electron chi connectivity index (χ1n) is 9.46. The van der Waals surface area contributed by atoms with Crippen LogP contribution in [0.2, 0.25) is 0 Å². The number of hydrogen-bond donors (Lipinski definition) is 1. The molecule has 1 atom stereocenters. The van der Waals surface area contributed by atoms with Crippen molar-refractivity contribution in [3.8, 4) is 5.75 Å². The molecule has 1 heterocycles. The molecule has 0 radical (unpaired) electrons. The summed E-state index contributed by atoms with van der Waals surface area (Å²) in [4.78, 5) is 14.9. The van der Waals surface area contributed by atoms with E-state index in [0.29, 0.717) is 0 Å². The molecule has 2 aromatic rings. The van der Waals surface area contributed by atoms with E-state index in [2.05, 4.69) is 41.4 Å². The highest BCUT2D eigenvalue weighted by atomic mass is 16.5. The lowest BCUT2D eigenvalue weighted by atomic mass is 10.0. The second kappa shape index (κ2) is 9.53. The zero-order valence-electron chi connectivity index (χ0n) is 16.1. The molecular formula is C22H28N2O3. The van der Waals surface area contributed by atoms with Crippen molar-refractivity contribution in [2.75, 3.05) is 39.5 Å². The van der Waals surface area contributed by atoms with E-state index in [4.69, 9.17) is 9.47 Å². The minimum Gasteiger partial charge on any atom is -0.484 e. The van der Waals surface area contributed by atoms with E-state index < -0.39 is 0 Å². The minimum atomic E-state index is -0.114. The molecule has 0 aromatic heterocycles. The summed E-state index contributed by atoms with van der Waals surface area (Å²) in [6, 6.07) is 16.0. The summed E-state index contributed by atoms with van der Waals surface area (Å²) >= 11 is 0. The van der Waals surface area contributed by atoms with Crippen molar-refractivity contribution in [3.63, 3.8) is 0 Å². The third kappa shape index (κ3) is 5.81. The van der Waals surface area contributed by atoms with E-state index in [1.54, 1.807) is 0 Å². The van der Waals surface area contributed by atoms with Crippen LogP contribution in [-0.4, -0.2) is 50.3 Å². The van der Waals surface area contributed by atoms with Gasteiger partial charge in [-0.05, 0) is 31.0 Å². The van der Waals surface area contributed by atoms with Gasteiger partial charge in [-0.25, -0.2) is 0 Å². The van der Waals surface area contributed by atoms with Gasteiger partial charge in [-0.15, -0.1) is 0 Å². The Balaban J connectivity index is 1.63. The molecule has 144 valence electrons. The molecule has 1 N–H and O–H groups in total. The zero-order valence-corrected chi connectivity index (χ0v) is 16.1. The van der Waals surface area contributed by atoms with Crippen LogP contribution < -0.4 is 10.1 Å². The number of nitrogens with one attached hydrogen (secondary N) is 1. The number of morpholine rings is 1. The number of para-hydroxylation sites is 1. The Bertz CT molecular complexity index is 739. The molecule has 3 rings (SSSR count). The number of amides is 1. The number of hydrogen-bond acceptors (Lipinski definition) is 4. The van der Waals surface area contributed by atoms with Crippen LogP contribution >= 0.6 is 0 Å². The average Bonchev–Trinajstić information content (AvgIpc) is 2.68. The van der Waals surface area contributed by atoms with Gasteiger partial charge in [-0.3, -0.25) is 9.69 Å². The van der Waals surface area contributed by atoms with Crippen LogP contribution in [0.1, 0.15) is 22.7 Å². The van der Waals surface area contributed by atoms with Crippen LogP contribution in [0.4, 0.5) is 0 Å². The molecule has 1 amide bonds. The van der Waals surface area contributed by atoms with E-state index >= 15 is 0 Å². The Morgan fingerprint density at radius 3 is 2.52 bits per heavy atom. The quantitative estimate of drug-likeness (QED) is 0.817. The van der Waals surface area contributed by atoms with Crippen molar-refractivity contribution in [3.05, 3.63) is 65.2 Å². The average molecular weight is 368 g/mol. The van der Waals surface area contributed by atoms with Crippen molar-refractivity contribution in [1.82, 2.24) is 10.2 Å². The number of rotatable bonds is 7. The number of nitrogens with zero attached hydrogens (tertiary/aromatic N) is 1. The van der Waals surface area contributed by atoms with Crippen LogP contribution in [0.15, 0.2) is 48.5 Å². The fourth-order valence-corrected chi connectivity index (χ4v) is 3.17. The maximum Gasteiger partial charge on any atom is 0.258 e. The normalized spacial score (nSPS) is 15.9. The predicted octanol–water partition coefficient (Wildman–Crippen LogP) is 2.87. The summed E-state index contributed by atoms with van der Waals surface area (Å²) in [5.74, 6) is 0.629. The Morgan fingerprint density at radius 1 is 1.11 bits per heavy atom. The van der Waals surface area contributed by atoms with E-state index in [1.807, 2.05) is 31.2 Å². The summed E-state index contributed by atoms with van der Waals surface area (Å²) < 4.78 is 11.1.